The fourth-order valence-electron chi connectivity index (χ4n) is 1.41. The third-order valence-electron chi connectivity index (χ3n) is 3.14. The molecule has 1 aliphatic rings. The highest BCUT2D eigenvalue weighted by atomic mass is 79.9. The van der Waals surface area contributed by atoms with Gasteiger partial charge in [-0.15, -0.1) is 0 Å². The van der Waals surface area contributed by atoms with Gasteiger partial charge in [0, 0.05) is 6.20 Å². The van der Waals surface area contributed by atoms with E-state index in [9.17, 15) is 0 Å². The van der Waals surface area contributed by atoms with Gasteiger partial charge in [0.2, 0.25) is 0 Å². The van der Waals surface area contributed by atoms with Crippen LogP contribution in [0.1, 0.15) is 27.7 Å². The molecule has 1 fully saturated rings. The highest BCUT2D eigenvalue weighted by molar-refractivity contribution is 9.10. The summed E-state index contributed by atoms with van der Waals surface area (Å²) in [6.07, 6.45) is 3.30. The lowest BCUT2D eigenvalue weighted by Gasteiger charge is -2.32. The van der Waals surface area contributed by atoms with E-state index in [1.807, 2.05) is 27.7 Å². The Balaban J connectivity index is 2.23. The van der Waals surface area contributed by atoms with Crippen molar-refractivity contribution in [3.63, 3.8) is 0 Å². The summed E-state index contributed by atoms with van der Waals surface area (Å²) in [5.74, 6) is 0. The average Bonchev–Trinajstić information content (AvgIpc) is 2.37. The van der Waals surface area contributed by atoms with E-state index < -0.39 is 7.12 Å². The lowest BCUT2D eigenvalue weighted by molar-refractivity contribution is 0.00578. The molecule has 1 aliphatic heterocycles. The summed E-state index contributed by atoms with van der Waals surface area (Å²) >= 11 is 3.24. The maximum absolute atomic E-state index is 5.85. The predicted molar refractivity (Wildman–Crippen MR) is 65.4 cm³/mol. The minimum atomic E-state index is -0.439. The van der Waals surface area contributed by atoms with Gasteiger partial charge in [-0.25, -0.2) is 4.98 Å². The maximum Gasteiger partial charge on any atom is 0.516 e. The first-order chi connectivity index (χ1) is 7.32. The van der Waals surface area contributed by atoms with Crippen LogP contribution in [0.5, 0.6) is 0 Å². The first-order valence-electron chi connectivity index (χ1n) is 5.15. The smallest absolute Gasteiger partial charge is 0.398 e. The van der Waals surface area contributed by atoms with Crippen LogP contribution in [0.3, 0.4) is 0 Å². The molecular formula is C10H14BBrN2O2. The molecule has 0 aromatic carbocycles. The first-order valence-corrected chi connectivity index (χ1v) is 5.94. The molecule has 16 heavy (non-hydrogen) atoms. The van der Waals surface area contributed by atoms with Crippen molar-refractivity contribution in [3.05, 3.63) is 17.0 Å². The van der Waals surface area contributed by atoms with Gasteiger partial charge in [0.05, 0.1) is 23.0 Å². The van der Waals surface area contributed by atoms with Gasteiger partial charge >= 0.3 is 7.12 Å². The third kappa shape index (κ3) is 2.01. The summed E-state index contributed by atoms with van der Waals surface area (Å²) in [4.78, 5) is 8.35. The van der Waals surface area contributed by atoms with Crippen molar-refractivity contribution in [3.8, 4) is 0 Å². The van der Waals surface area contributed by atoms with E-state index >= 15 is 0 Å². The van der Waals surface area contributed by atoms with Crippen molar-refractivity contribution in [2.24, 2.45) is 0 Å². The average molecular weight is 285 g/mol. The molecule has 1 saturated heterocycles. The van der Waals surface area contributed by atoms with Gasteiger partial charge in [-0.3, -0.25) is 4.98 Å². The fourth-order valence-corrected chi connectivity index (χ4v) is 1.61. The normalized spacial score (nSPS) is 22.4. The highest BCUT2D eigenvalue weighted by Crippen LogP contribution is 2.36. The molecule has 2 heterocycles. The molecular weight excluding hydrogens is 271 g/mol. The van der Waals surface area contributed by atoms with Crippen LogP contribution < -0.4 is 5.59 Å². The quantitative estimate of drug-likeness (QED) is 0.734. The number of hydrogen-bond acceptors (Lipinski definition) is 4. The molecule has 0 aliphatic carbocycles. The van der Waals surface area contributed by atoms with Gasteiger partial charge in [-0.1, -0.05) is 0 Å². The van der Waals surface area contributed by atoms with E-state index in [1.165, 1.54) is 0 Å². The number of halogens is 1. The standard InChI is InChI=1S/C10H14BBrN2O2/c1-9(2)10(3,4)16-11(15-9)7-5-14-8(12)6-13-7/h5-6H,1-4H3. The Labute approximate surface area is 104 Å². The molecule has 0 unspecified atom stereocenters. The van der Waals surface area contributed by atoms with Crippen LogP contribution in [0.2, 0.25) is 0 Å². The van der Waals surface area contributed by atoms with Crippen molar-refractivity contribution in [2.45, 2.75) is 38.9 Å². The minimum absolute atomic E-state index is 0.341. The Morgan fingerprint density at radius 2 is 1.62 bits per heavy atom. The number of nitrogens with zero attached hydrogens (tertiary/aromatic N) is 2. The van der Waals surface area contributed by atoms with Crippen molar-refractivity contribution >= 4 is 28.6 Å². The molecule has 0 N–H and O–H groups in total. The molecule has 0 saturated carbocycles. The number of aromatic nitrogens is 2. The second-order valence-electron chi connectivity index (χ2n) is 4.85. The number of rotatable bonds is 1. The van der Waals surface area contributed by atoms with Crippen molar-refractivity contribution in [2.75, 3.05) is 0 Å². The van der Waals surface area contributed by atoms with Gasteiger partial charge in [-0.2, -0.15) is 0 Å². The molecule has 0 radical (unpaired) electrons. The van der Waals surface area contributed by atoms with Crippen LogP contribution in [0.4, 0.5) is 0 Å². The molecule has 6 heteroatoms. The second kappa shape index (κ2) is 3.79. The van der Waals surface area contributed by atoms with E-state index in [0.717, 1.165) is 0 Å². The third-order valence-corrected chi connectivity index (χ3v) is 3.54. The summed E-state index contributed by atoms with van der Waals surface area (Å²) in [5, 5.41) is 0. The van der Waals surface area contributed by atoms with Crippen LogP contribution in [0.25, 0.3) is 0 Å². The Morgan fingerprint density at radius 3 is 2.06 bits per heavy atom. The van der Waals surface area contributed by atoms with Gasteiger partial charge in [-0.05, 0) is 43.6 Å². The molecule has 0 spiro atoms. The molecule has 0 atom stereocenters. The van der Waals surface area contributed by atoms with Crippen molar-refractivity contribution in [1.29, 1.82) is 0 Å². The van der Waals surface area contributed by atoms with Gasteiger partial charge in [0.25, 0.3) is 0 Å². The van der Waals surface area contributed by atoms with E-state index in [-0.39, 0.29) is 11.2 Å². The lowest BCUT2D eigenvalue weighted by atomic mass is 9.85. The zero-order chi connectivity index (χ0) is 12.0. The van der Waals surface area contributed by atoms with E-state index in [0.29, 0.717) is 10.2 Å². The lowest BCUT2D eigenvalue weighted by Crippen LogP contribution is -2.41. The summed E-state index contributed by atoms with van der Waals surface area (Å²) in [7, 11) is -0.439. The molecule has 0 bridgehead atoms. The molecule has 0 amide bonds. The molecule has 1 aromatic rings. The van der Waals surface area contributed by atoms with Crippen molar-refractivity contribution < 1.29 is 9.31 Å². The second-order valence-corrected chi connectivity index (χ2v) is 5.66. The molecule has 1 aromatic heterocycles. The summed E-state index contributed by atoms with van der Waals surface area (Å²) < 4.78 is 12.4. The van der Waals surface area contributed by atoms with E-state index in [4.69, 9.17) is 9.31 Å². The van der Waals surface area contributed by atoms with Crippen LogP contribution in [-0.4, -0.2) is 28.3 Å². The molecule has 2 rings (SSSR count). The van der Waals surface area contributed by atoms with E-state index in [2.05, 4.69) is 25.9 Å². The monoisotopic (exact) mass is 284 g/mol. The van der Waals surface area contributed by atoms with Crippen molar-refractivity contribution in [1.82, 2.24) is 9.97 Å². The number of hydrogen-bond donors (Lipinski definition) is 0. The fraction of sp³-hybridized carbons (Fsp3) is 0.600. The Bertz CT molecular complexity index is 378. The van der Waals surface area contributed by atoms with Crippen LogP contribution >= 0.6 is 15.9 Å². The van der Waals surface area contributed by atoms with Crippen LogP contribution in [0.15, 0.2) is 17.0 Å². The summed E-state index contributed by atoms with van der Waals surface area (Å²) in [6, 6.07) is 0. The van der Waals surface area contributed by atoms with Crippen LogP contribution in [0, 0.1) is 0 Å². The zero-order valence-electron chi connectivity index (χ0n) is 9.82. The first kappa shape index (κ1) is 12.0. The van der Waals surface area contributed by atoms with Gasteiger partial charge < -0.3 is 9.31 Å². The van der Waals surface area contributed by atoms with Crippen LogP contribution in [-0.2, 0) is 9.31 Å². The Hall–Kier alpha value is -0.455. The summed E-state index contributed by atoms with van der Waals surface area (Å²) in [5.41, 5.74) is 0.0145. The molecule has 86 valence electrons. The summed E-state index contributed by atoms with van der Waals surface area (Å²) in [6.45, 7) is 8.05. The SMILES string of the molecule is CC1(C)OB(c2cnc(Br)cn2)OC1(C)C. The minimum Gasteiger partial charge on any atom is -0.398 e. The Kier molecular flexibility index (Phi) is 2.84. The largest absolute Gasteiger partial charge is 0.516 e. The van der Waals surface area contributed by atoms with Gasteiger partial charge in [0.1, 0.15) is 4.60 Å². The predicted octanol–water partition coefficient (Wildman–Crippen LogP) is 1.54. The van der Waals surface area contributed by atoms with Gasteiger partial charge in [0.15, 0.2) is 0 Å². The zero-order valence-corrected chi connectivity index (χ0v) is 11.4. The van der Waals surface area contributed by atoms with E-state index in [1.54, 1.807) is 12.4 Å². The topological polar surface area (TPSA) is 44.2 Å². The maximum atomic E-state index is 5.85. The highest BCUT2D eigenvalue weighted by Gasteiger charge is 2.52. The molecule has 4 nitrogen and oxygen atoms in total. The Morgan fingerprint density at radius 1 is 1.06 bits per heavy atom.